The molecule has 3 rings (SSSR count). The van der Waals surface area contributed by atoms with E-state index in [1.165, 1.54) is 24.0 Å². The third kappa shape index (κ3) is 2.66. The molecule has 1 fully saturated rings. The molecule has 4 nitrogen and oxygen atoms in total. The van der Waals surface area contributed by atoms with E-state index in [9.17, 15) is 4.39 Å². The minimum absolute atomic E-state index is 0.170. The Balaban J connectivity index is 1.51. The highest BCUT2D eigenvalue weighted by Gasteiger charge is 2.31. The van der Waals surface area contributed by atoms with E-state index in [1.54, 1.807) is 0 Å². The minimum Gasteiger partial charge on any atom is -0.305 e. The number of H-pyrrole nitrogens is 1. The van der Waals surface area contributed by atoms with E-state index in [0.717, 1.165) is 18.7 Å². The number of nitrogens with one attached hydrogen (secondary N) is 2. The van der Waals surface area contributed by atoms with Crippen molar-refractivity contribution in [2.75, 3.05) is 0 Å². The molecule has 0 bridgehead atoms. The predicted octanol–water partition coefficient (Wildman–Crippen LogP) is 2.54. The highest BCUT2D eigenvalue weighted by atomic mass is 19.1. The molecule has 0 spiro atoms. The largest absolute Gasteiger partial charge is 0.305 e. The zero-order valence-corrected chi connectivity index (χ0v) is 10.8. The Morgan fingerprint density at radius 2 is 2.05 bits per heavy atom. The highest BCUT2D eigenvalue weighted by Crippen LogP contribution is 2.37. The van der Waals surface area contributed by atoms with E-state index in [0.29, 0.717) is 12.0 Å². The van der Waals surface area contributed by atoms with Gasteiger partial charge in [-0.15, -0.1) is 0 Å². The van der Waals surface area contributed by atoms with Crippen LogP contribution in [0.1, 0.15) is 43.1 Å². The topological polar surface area (TPSA) is 53.6 Å². The molecular formula is C14H17FN4. The average Bonchev–Trinajstić information content (AvgIpc) is 2.88. The third-order valence-corrected chi connectivity index (χ3v) is 3.81. The number of aromatic nitrogens is 3. The second-order valence-electron chi connectivity index (χ2n) is 5.18. The van der Waals surface area contributed by atoms with Crippen molar-refractivity contribution in [1.29, 1.82) is 0 Å². The fourth-order valence-electron chi connectivity index (χ4n) is 2.62. The molecule has 1 heterocycles. The van der Waals surface area contributed by atoms with Gasteiger partial charge in [-0.1, -0.05) is 12.1 Å². The zero-order valence-electron chi connectivity index (χ0n) is 10.8. The van der Waals surface area contributed by atoms with Gasteiger partial charge in [0.25, 0.3) is 0 Å². The van der Waals surface area contributed by atoms with Crippen LogP contribution in [0, 0.1) is 5.82 Å². The van der Waals surface area contributed by atoms with Crippen molar-refractivity contribution in [2.24, 2.45) is 0 Å². The maximum absolute atomic E-state index is 12.8. The smallest absolute Gasteiger partial charge is 0.141 e. The lowest BCUT2D eigenvalue weighted by Crippen LogP contribution is -2.41. The minimum atomic E-state index is -0.170. The van der Waals surface area contributed by atoms with E-state index in [4.69, 9.17) is 0 Å². The van der Waals surface area contributed by atoms with Crippen LogP contribution in [-0.2, 0) is 0 Å². The molecule has 2 aromatic rings. The zero-order chi connectivity index (χ0) is 13.2. The summed E-state index contributed by atoms with van der Waals surface area (Å²) >= 11 is 0. The van der Waals surface area contributed by atoms with E-state index < -0.39 is 0 Å². The van der Waals surface area contributed by atoms with Gasteiger partial charge in [0.05, 0.1) is 6.04 Å². The molecule has 1 aromatic heterocycles. The molecular weight excluding hydrogens is 243 g/mol. The van der Waals surface area contributed by atoms with E-state index in [1.807, 2.05) is 12.1 Å². The summed E-state index contributed by atoms with van der Waals surface area (Å²) in [5.41, 5.74) is 1.23. The van der Waals surface area contributed by atoms with Gasteiger partial charge in [-0.05, 0) is 43.4 Å². The lowest BCUT2D eigenvalue weighted by molar-refractivity contribution is 0.267. The maximum Gasteiger partial charge on any atom is 0.141 e. The first-order valence-electron chi connectivity index (χ1n) is 6.59. The van der Waals surface area contributed by atoms with Crippen molar-refractivity contribution in [1.82, 2.24) is 20.5 Å². The molecule has 0 radical (unpaired) electrons. The Morgan fingerprint density at radius 3 is 2.68 bits per heavy atom. The molecule has 1 saturated carbocycles. The fraction of sp³-hybridized carbons (Fsp3) is 0.429. The van der Waals surface area contributed by atoms with Gasteiger partial charge in [0.15, 0.2) is 0 Å². The second-order valence-corrected chi connectivity index (χ2v) is 5.18. The van der Waals surface area contributed by atoms with Gasteiger partial charge in [-0.2, -0.15) is 5.10 Å². The van der Waals surface area contributed by atoms with Crippen LogP contribution in [0.3, 0.4) is 0 Å². The Hall–Kier alpha value is -1.75. The normalized spacial score (nSPS) is 23.9. The molecule has 2 N–H and O–H groups in total. The monoisotopic (exact) mass is 260 g/mol. The van der Waals surface area contributed by atoms with Gasteiger partial charge in [-0.3, -0.25) is 5.10 Å². The number of hydrogen-bond acceptors (Lipinski definition) is 3. The molecule has 1 aliphatic carbocycles. The first-order valence-corrected chi connectivity index (χ1v) is 6.59. The summed E-state index contributed by atoms with van der Waals surface area (Å²) in [5, 5.41) is 10.2. The first kappa shape index (κ1) is 12.3. The van der Waals surface area contributed by atoms with Gasteiger partial charge in [0.2, 0.25) is 0 Å². The Morgan fingerprint density at radius 1 is 1.32 bits per heavy atom. The van der Waals surface area contributed by atoms with Crippen LogP contribution in [-0.4, -0.2) is 21.2 Å². The summed E-state index contributed by atoms with van der Waals surface area (Å²) in [7, 11) is 0. The van der Waals surface area contributed by atoms with E-state index >= 15 is 0 Å². The van der Waals surface area contributed by atoms with Gasteiger partial charge < -0.3 is 5.32 Å². The number of halogens is 1. The highest BCUT2D eigenvalue weighted by molar-refractivity contribution is 5.23. The van der Waals surface area contributed by atoms with Gasteiger partial charge in [0, 0.05) is 6.04 Å². The van der Waals surface area contributed by atoms with Crippen molar-refractivity contribution >= 4 is 0 Å². The van der Waals surface area contributed by atoms with Crippen molar-refractivity contribution in [3.63, 3.8) is 0 Å². The summed E-state index contributed by atoms with van der Waals surface area (Å²) in [6.45, 7) is 2.08. The summed E-state index contributed by atoms with van der Waals surface area (Å²) in [6.07, 6.45) is 3.70. The summed E-state index contributed by atoms with van der Waals surface area (Å²) in [6, 6.07) is 7.52. The molecule has 0 amide bonds. The fourth-order valence-corrected chi connectivity index (χ4v) is 2.62. The molecule has 100 valence electrons. The SMILES string of the molecule is CC(NC1CC(c2ccc(F)cc2)C1)c1ncn[nH]1. The Labute approximate surface area is 111 Å². The van der Waals surface area contributed by atoms with Crippen LogP contribution in [0.15, 0.2) is 30.6 Å². The van der Waals surface area contributed by atoms with Gasteiger partial charge in [-0.25, -0.2) is 9.37 Å². The van der Waals surface area contributed by atoms with E-state index in [2.05, 4.69) is 27.4 Å². The molecule has 1 aliphatic rings. The van der Waals surface area contributed by atoms with Crippen molar-refractivity contribution in [3.8, 4) is 0 Å². The molecule has 19 heavy (non-hydrogen) atoms. The van der Waals surface area contributed by atoms with Gasteiger partial charge in [0.1, 0.15) is 18.0 Å². The van der Waals surface area contributed by atoms with Crippen LogP contribution in [0.4, 0.5) is 4.39 Å². The van der Waals surface area contributed by atoms with Crippen LogP contribution in [0.2, 0.25) is 0 Å². The third-order valence-electron chi connectivity index (χ3n) is 3.81. The second kappa shape index (κ2) is 5.09. The molecule has 5 heteroatoms. The summed E-state index contributed by atoms with van der Waals surface area (Å²) in [5.74, 6) is 1.24. The van der Waals surface area contributed by atoms with Crippen molar-refractivity contribution in [2.45, 2.75) is 37.8 Å². The number of rotatable bonds is 4. The molecule has 0 aliphatic heterocycles. The van der Waals surface area contributed by atoms with Crippen LogP contribution >= 0.6 is 0 Å². The molecule has 1 unspecified atom stereocenters. The Kier molecular flexibility index (Phi) is 3.29. The number of hydrogen-bond donors (Lipinski definition) is 2. The molecule has 0 saturated heterocycles. The molecule has 1 atom stereocenters. The molecule has 1 aromatic carbocycles. The number of benzene rings is 1. The maximum atomic E-state index is 12.8. The van der Waals surface area contributed by atoms with Crippen molar-refractivity contribution in [3.05, 3.63) is 47.8 Å². The van der Waals surface area contributed by atoms with Gasteiger partial charge >= 0.3 is 0 Å². The standard InChI is InChI=1S/C14H17FN4/c1-9(14-16-8-17-19-14)18-13-6-11(7-13)10-2-4-12(15)5-3-10/h2-5,8-9,11,13,18H,6-7H2,1H3,(H,16,17,19). The van der Waals surface area contributed by atoms with E-state index in [-0.39, 0.29) is 11.9 Å². The quantitative estimate of drug-likeness (QED) is 0.888. The number of aromatic amines is 1. The van der Waals surface area contributed by atoms with Crippen LogP contribution < -0.4 is 5.32 Å². The summed E-state index contributed by atoms with van der Waals surface area (Å²) in [4.78, 5) is 4.14. The number of nitrogens with zero attached hydrogens (tertiary/aromatic N) is 2. The lowest BCUT2D eigenvalue weighted by Gasteiger charge is -2.37. The predicted molar refractivity (Wildman–Crippen MR) is 70.1 cm³/mol. The average molecular weight is 260 g/mol. The van der Waals surface area contributed by atoms with Crippen LogP contribution in [0.5, 0.6) is 0 Å². The van der Waals surface area contributed by atoms with Crippen LogP contribution in [0.25, 0.3) is 0 Å². The Bertz CT molecular complexity index is 517. The first-order chi connectivity index (χ1) is 9.22. The summed E-state index contributed by atoms with van der Waals surface area (Å²) < 4.78 is 12.8. The van der Waals surface area contributed by atoms with Crippen molar-refractivity contribution < 1.29 is 4.39 Å². The lowest BCUT2D eigenvalue weighted by atomic mass is 9.75.